The Morgan fingerprint density at radius 1 is 1.22 bits per heavy atom. The van der Waals surface area contributed by atoms with Crippen LogP contribution < -0.4 is 10.1 Å². The van der Waals surface area contributed by atoms with Gasteiger partial charge in [-0.3, -0.25) is 4.79 Å². The molecular formula is C19H16FNO6. The SMILES string of the molecule is COc1cccc(-c2ccc(NC(=O)C3=C(C(=O)O)COC3O)c(F)c2)c1. The number of hydrogen-bond donors (Lipinski definition) is 3. The number of aliphatic hydroxyl groups excluding tert-OH is 1. The number of halogens is 1. The molecule has 1 aliphatic heterocycles. The van der Waals surface area contributed by atoms with Crippen molar-refractivity contribution >= 4 is 17.6 Å². The van der Waals surface area contributed by atoms with Crippen molar-refractivity contribution < 1.29 is 33.7 Å². The number of amides is 1. The average Bonchev–Trinajstić information content (AvgIpc) is 3.05. The maximum Gasteiger partial charge on any atom is 0.334 e. The van der Waals surface area contributed by atoms with Gasteiger partial charge >= 0.3 is 5.97 Å². The van der Waals surface area contributed by atoms with Crippen molar-refractivity contribution in [2.45, 2.75) is 6.29 Å². The third kappa shape index (κ3) is 3.81. The molecule has 7 nitrogen and oxygen atoms in total. The van der Waals surface area contributed by atoms with Gasteiger partial charge in [-0.25, -0.2) is 9.18 Å². The number of anilines is 1. The van der Waals surface area contributed by atoms with Crippen molar-refractivity contribution in [3.05, 3.63) is 59.4 Å². The summed E-state index contributed by atoms with van der Waals surface area (Å²) in [5.74, 6) is -2.42. The van der Waals surface area contributed by atoms with Crippen LogP contribution in [0.1, 0.15) is 0 Å². The lowest BCUT2D eigenvalue weighted by atomic mass is 10.0. The van der Waals surface area contributed by atoms with Gasteiger partial charge in [-0.2, -0.15) is 0 Å². The van der Waals surface area contributed by atoms with Crippen LogP contribution in [0.4, 0.5) is 10.1 Å². The zero-order valence-electron chi connectivity index (χ0n) is 14.2. The second-order valence-electron chi connectivity index (χ2n) is 5.74. The molecule has 0 radical (unpaired) electrons. The Labute approximate surface area is 153 Å². The molecule has 0 spiro atoms. The topological polar surface area (TPSA) is 105 Å². The van der Waals surface area contributed by atoms with Gasteiger partial charge in [0.15, 0.2) is 6.29 Å². The molecule has 1 unspecified atom stereocenters. The van der Waals surface area contributed by atoms with Gasteiger partial charge in [0.05, 0.1) is 30.6 Å². The summed E-state index contributed by atoms with van der Waals surface area (Å²) < 4.78 is 24.3. The Morgan fingerprint density at radius 2 is 1.96 bits per heavy atom. The highest BCUT2D eigenvalue weighted by Crippen LogP contribution is 2.28. The monoisotopic (exact) mass is 373 g/mol. The number of methoxy groups -OCH3 is 1. The predicted octanol–water partition coefficient (Wildman–Crippen LogP) is 2.17. The minimum atomic E-state index is -1.67. The molecule has 0 aromatic heterocycles. The van der Waals surface area contributed by atoms with E-state index in [2.05, 4.69) is 5.32 Å². The number of carbonyl (C=O) groups is 2. The second kappa shape index (κ2) is 7.56. The summed E-state index contributed by atoms with van der Waals surface area (Å²) in [6, 6.07) is 11.2. The fraction of sp³-hybridized carbons (Fsp3) is 0.158. The molecule has 0 fully saturated rings. The van der Waals surface area contributed by atoms with Crippen LogP contribution in [0.25, 0.3) is 11.1 Å². The van der Waals surface area contributed by atoms with Crippen LogP contribution in [0, 0.1) is 5.82 Å². The standard InChI is InChI=1S/C19H16FNO6/c1-26-12-4-2-3-10(7-12)11-5-6-15(14(20)8-11)21-17(22)16-13(18(23)24)9-27-19(16)25/h2-8,19,25H,9H2,1H3,(H,21,22)(H,23,24). The first-order valence-electron chi connectivity index (χ1n) is 7.92. The van der Waals surface area contributed by atoms with Gasteiger partial charge in [-0.05, 0) is 35.4 Å². The molecule has 2 aromatic rings. The van der Waals surface area contributed by atoms with Gasteiger partial charge in [-0.1, -0.05) is 18.2 Å². The van der Waals surface area contributed by atoms with Gasteiger partial charge in [0, 0.05) is 0 Å². The Balaban J connectivity index is 1.85. The highest BCUT2D eigenvalue weighted by atomic mass is 19.1. The molecule has 0 bridgehead atoms. The number of nitrogens with one attached hydrogen (secondary N) is 1. The summed E-state index contributed by atoms with van der Waals surface area (Å²) >= 11 is 0. The summed E-state index contributed by atoms with van der Waals surface area (Å²) in [5, 5.41) is 21.0. The van der Waals surface area contributed by atoms with Crippen molar-refractivity contribution in [2.24, 2.45) is 0 Å². The predicted molar refractivity (Wildman–Crippen MR) is 93.6 cm³/mol. The zero-order valence-corrected chi connectivity index (χ0v) is 14.2. The molecule has 27 heavy (non-hydrogen) atoms. The fourth-order valence-electron chi connectivity index (χ4n) is 2.69. The summed E-state index contributed by atoms with van der Waals surface area (Å²) in [6.07, 6.45) is -1.67. The second-order valence-corrected chi connectivity index (χ2v) is 5.74. The number of aliphatic carboxylic acids is 1. The minimum absolute atomic E-state index is 0.150. The van der Waals surface area contributed by atoms with E-state index in [1.54, 1.807) is 30.3 Å². The molecule has 1 atom stereocenters. The van der Waals surface area contributed by atoms with E-state index in [1.807, 2.05) is 0 Å². The first kappa shape index (κ1) is 18.6. The highest BCUT2D eigenvalue weighted by Gasteiger charge is 2.33. The quantitative estimate of drug-likeness (QED) is 0.742. The van der Waals surface area contributed by atoms with Gasteiger partial charge in [-0.15, -0.1) is 0 Å². The lowest BCUT2D eigenvalue weighted by molar-refractivity contribution is -0.133. The Bertz CT molecular complexity index is 940. The number of carbonyl (C=O) groups excluding carboxylic acids is 1. The summed E-state index contributed by atoms with van der Waals surface area (Å²) in [5.41, 5.74) is 0.329. The van der Waals surface area contributed by atoms with Crippen molar-refractivity contribution in [1.82, 2.24) is 0 Å². The number of carboxylic acids is 1. The molecule has 1 heterocycles. The van der Waals surface area contributed by atoms with E-state index in [0.29, 0.717) is 11.3 Å². The van der Waals surface area contributed by atoms with Crippen molar-refractivity contribution in [3.8, 4) is 16.9 Å². The van der Waals surface area contributed by atoms with Gasteiger partial charge in [0.2, 0.25) is 0 Å². The van der Waals surface area contributed by atoms with Crippen LogP contribution in [0.3, 0.4) is 0 Å². The Morgan fingerprint density at radius 3 is 2.63 bits per heavy atom. The molecule has 140 valence electrons. The summed E-state index contributed by atoms with van der Waals surface area (Å²) in [4.78, 5) is 23.4. The summed E-state index contributed by atoms with van der Waals surface area (Å²) in [7, 11) is 1.53. The lowest BCUT2D eigenvalue weighted by Crippen LogP contribution is -2.24. The molecule has 3 rings (SSSR count). The van der Waals surface area contributed by atoms with E-state index < -0.39 is 36.2 Å². The molecule has 0 aliphatic carbocycles. The van der Waals surface area contributed by atoms with Crippen LogP contribution in [0.5, 0.6) is 5.75 Å². The number of aliphatic hydroxyl groups is 1. The fourth-order valence-corrected chi connectivity index (χ4v) is 2.69. The third-order valence-corrected chi connectivity index (χ3v) is 4.08. The van der Waals surface area contributed by atoms with Gasteiger partial charge in [0.1, 0.15) is 11.6 Å². The van der Waals surface area contributed by atoms with Crippen LogP contribution in [-0.4, -0.2) is 42.1 Å². The van der Waals surface area contributed by atoms with Crippen molar-refractivity contribution in [1.29, 1.82) is 0 Å². The smallest absolute Gasteiger partial charge is 0.334 e. The minimum Gasteiger partial charge on any atom is -0.497 e. The number of rotatable bonds is 5. The molecular weight excluding hydrogens is 357 g/mol. The summed E-state index contributed by atoms with van der Waals surface area (Å²) in [6.45, 7) is -0.406. The molecule has 0 saturated carbocycles. The maximum absolute atomic E-state index is 14.4. The van der Waals surface area contributed by atoms with Gasteiger partial charge in [0.25, 0.3) is 5.91 Å². The largest absolute Gasteiger partial charge is 0.497 e. The van der Waals surface area contributed by atoms with Crippen LogP contribution in [0.15, 0.2) is 53.6 Å². The molecule has 0 saturated heterocycles. The van der Waals surface area contributed by atoms with Crippen LogP contribution in [0.2, 0.25) is 0 Å². The normalized spacial score (nSPS) is 16.3. The Hall–Kier alpha value is -3.23. The van der Waals surface area contributed by atoms with Crippen molar-refractivity contribution in [3.63, 3.8) is 0 Å². The van der Waals surface area contributed by atoms with Crippen LogP contribution >= 0.6 is 0 Å². The number of benzene rings is 2. The maximum atomic E-state index is 14.4. The Kier molecular flexibility index (Phi) is 5.20. The highest BCUT2D eigenvalue weighted by molar-refractivity contribution is 6.09. The molecule has 1 amide bonds. The van der Waals surface area contributed by atoms with E-state index >= 15 is 0 Å². The van der Waals surface area contributed by atoms with Crippen molar-refractivity contribution in [2.75, 3.05) is 19.0 Å². The molecule has 8 heteroatoms. The lowest BCUT2D eigenvalue weighted by Gasteiger charge is -2.11. The average molecular weight is 373 g/mol. The van der Waals surface area contributed by atoms with E-state index in [-0.39, 0.29) is 11.3 Å². The number of carboxylic acid groups (broad SMARTS) is 1. The molecule has 1 aliphatic rings. The first-order valence-corrected chi connectivity index (χ1v) is 7.92. The number of ether oxygens (including phenoxy) is 2. The first-order chi connectivity index (χ1) is 12.9. The zero-order chi connectivity index (χ0) is 19.6. The van der Waals surface area contributed by atoms with Gasteiger partial charge < -0.3 is 25.0 Å². The third-order valence-electron chi connectivity index (χ3n) is 4.08. The van der Waals surface area contributed by atoms with E-state index in [1.165, 1.54) is 19.2 Å². The van der Waals surface area contributed by atoms with Crippen LogP contribution in [-0.2, 0) is 14.3 Å². The molecule has 3 N–H and O–H groups in total. The van der Waals surface area contributed by atoms with E-state index in [4.69, 9.17) is 14.6 Å². The number of hydrogen-bond acceptors (Lipinski definition) is 5. The van der Waals surface area contributed by atoms with E-state index in [0.717, 1.165) is 5.56 Å². The van der Waals surface area contributed by atoms with E-state index in [9.17, 15) is 19.1 Å². The molecule has 2 aromatic carbocycles.